The van der Waals surface area contributed by atoms with Gasteiger partial charge in [0, 0.05) is 42.4 Å². The molecule has 2 rings (SSSR count). The highest BCUT2D eigenvalue weighted by Gasteiger charge is 2.00. The lowest BCUT2D eigenvalue weighted by atomic mass is 10.2. The van der Waals surface area contributed by atoms with E-state index < -0.39 is 0 Å². The number of aromatic nitrogens is 3. The summed E-state index contributed by atoms with van der Waals surface area (Å²) in [5.74, 6) is 0.640. The minimum Gasteiger partial charge on any atom is -0.361 e. The van der Waals surface area contributed by atoms with Gasteiger partial charge in [-0.05, 0) is 25.5 Å². The second-order valence-corrected chi connectivity index (χ2v) is 4.07. The van der Waals surface area contributed by atoms with Gasteiger partial charge >= 0.3 is 0 Å². The van der Waals surface area contributed by atoms with E-state index in [1.165, 1.54) is 0 Å². The lowest BCUT2D eigenvalue weighted by Gasteiger charge is -2.06. The van der Waals surface area contributed by atoms with Crippen molar-refractivity contribution in [1.29, 1.82) is 0 Å². The first-order valence-corrected chi connectivity index (χ1v) is 5.71. The van der Waals surface area contributed by atoms with Gasteiger partial charge in [-0.25, -0.2) is 9.97 Å². The fourth-order valence-corrected chi connectivity index (χ4v) is 1.48. The largest absolute Gasteiger partial charge is 0.361 e. The number of anilines is 1. The fraction of sp³-hybridized carbons (Fsp3) is 0.333. The van der Waals surface area contributed by atoms with Gasteiger partial charge in [-0.3, -0.25) is 0 Å². The zero-order valence-corrected chi connectivity index (χ0v) is 9.85. The van der Waals surface area contributed by atoms with Crippen LogP contribution < -0.4 is 11.1 Å². The first kappa shape index (κ1) is 11.6. The Kier molecular flexibility index (Phi) is 3.72. The summed E-state index contributed by atoms with van der Waals surface area (Å²) < 4.78 is 0. The Balaban J connectivity index is 1.94. The molecule has 90 valence electrons. The van der Waals surface area contributed by atoms with Crippen LogP contribution in [0.1, 0.15) is 13.3 Å². The molecule has 1 unspecified atom stereocenters. The van der Waals surface area contributed by atoms with Crippen LogP contribution in [-0.4, -0.2) is 27.5 Å². The number of nitrogens with one attached hydrogen (secondary N) is 2. The lowest BCUT2D eigenvalue weighted by molar-refractivity contribution is 0.688. The third kappa shape index (κ3) is 3.29. The number of hydrogen-bond acceptors (Lipinski definition) is 4. The molecule has 5 nitrogen and oxygen atoms in total. The zero-order chi connectivity index (χ0) is 12.1. The van der Waals surface area contributed by atoms with Crippen LogP contribution in [0.25, 0.3) is 11.3 Å². The number of rotatable bonds is 5. The Hall–Kier alpha value is -1.88. The van der Waals surface area contributed by atoms with Gasteiger partial charge < -0.3 is 16.0 Å². The molecule has 4 N–H and O–H groups in total. The lowest BCUT2D eigenvalue weighted by Crippen LogP contribution is -2.19. The van der Waals surface area contributed by atoms with Gasteiger partial charge in [0.2, 0.25) is 5.95 Å². The van der Waals surface area contributed by atoms with E-state index in [9.17, 15) is 0 Å². The number of hydrogen-bond donors (Lipinski definition) is 3. The quantitative estimate of drug-likeness (QED) is 0.730. The summed E-state index contributed by atoms with van der Waals surface area (Å²) in [5, 5.41) is 3.14. The summed E-state index contributed by atoms with van der Waals surface area (Å²) in [6.45, 7) is 2.77. The monoisotopic (exact) mass is 231 g/mol. The van der Waals surface area contributed by atoms with E-state index in [1.807, 2.05) is 25.3 Å². The van der Waals surface area contributed by atoms with E-state index >= 15 is 0 Å². The minimum absolute atomic E-state index is 0.195. The normalized spacial score (nSPS) is 12.4. The van der Waals surface area contributed by atoms with E-state index in [1.54, 1.807) is 12.4 Å². The van der Waals surface area contributed by atoms with Crippen LogP contribution in [0.2, 0.25) is 0 Å². The summed E-state index contributed by atoms with van der Waals surface area (Å²) in [4.78, 5) is 11.6. The average Bonchev–Trinajstić information content (AvgIpc) is 2.83. The maximum absolute atomic E-state index is 5.66. The Morgan fingerprint density at radius 3 is 2.76 bits per heavy atom. The Bertz CT molecular complexity index is 432. The summed E-state index contributed by atoms with van der Waals surface area (Å²) in [6.07, 6.45) is 6.38. The Morgan fingerprint density at radius 2 is 2.18 bits per heavy atom. The van der Waals surface area contributed by atoms with Crippen molar-refractivity contribution in [3.8, 4) is 11.3 Å². The van der Waals surface area contributed by atoms with Gasteiger partial charge in [0.1, 0.15) is 0 Å². The van der Waals surface area contributed by atoms with Crippen molar-refractivity contribution in [2.75, 3.05) is 11.9 Å². The van der Waals surface area contributed by atoms with Crippen LogP contribution in [-0.2, 0) is 0 Å². The number of nitrogens with zero attached hydrogens (tertiary/aromatic N) is 2. The molecule has 2 aromatic heterocycles. The molecule has 0 spiro atoms. The highest BCUT2D eigenvalue weighted by molar-refractivity contribution is 5.57. The molecule has 0 radical (unpaired) electrons. The molecule has 1 atom stereocenters. The van der Waals surface area contributed by atoms with E-state index in [4.69, 9.17) is 5.73 Å². The highest BCUT2D eigenvalue weighted by Crippen LogP contribution is 2.14. The standard InChI is InChI=1S/C12H17N5/c1-9(13)4-6-15-12-16-7-10(8-17-12)11-3-2-5-14-11/h2-3,5,7-9,14H,4,6,13H2,1H3,(H,15,16,17). The maximum Gasteiger partial charge on any atom is 0.222 e. The molecule has 0 saturated heterocycles. The molecular formula is C12H17N5. The van der Waals surface area contributed by atoms with Gasteiger partial charge in [-0.2, -0.15) is 0 Å². The first-order valence-electron chi connectivity index (χ1n) is 5.71. The van der Waals surface area contributed by atoms with Crippen molar-refractivity contribution in [3.63, 3.8) is 0 Å². The highest BCUT2D eigenvalue weighted by atomic mass is 15.1. The van der Waals surface area contributed by atoms with Crippen molar-refractivity contribution in [1.82, 2.24) is 15.0 Å². The van der Waals surface area contributed by atoms with Crippen LogP contribution in [0.3, 0.4) is 0 Å². The van der Waals surface area contributed by atoms with Crippen LogP contribution in [0, 0.1) is 0 Å². The number of H-pyrrole nitrogens is 1. The molecule has 2 aromatic rings. The summed E-state index contributed by atoms with van der Waals surface area (Å²) in [6, 6.07) is 4.13. The van der Waals surface area contributed by atoms with Crippen LogP contribution in [0.5, 0.6) is 0 Å². The van der Waals surface area contributed by atoms with Crippen molar-refractivity contribution < 1.29 is 0 Å². The number of aromatic amines is 1. The second kappa shape index (κ2) is 5.45. The topological polar surface area (TPSA) is 79.6 Å². The van der Waals surface area contributed by atoms with Crippen molar-refractivity contribution >= 4 is 5.95 Å². The summed E-state index contributed by atoms with van der Waals surface area (Å²) in [5.41, 5.74) is 7.66. The summed E-state index contributed by atoms with van der Waals surface area (Å²) >= 11 is 0. The predicted octanol–water partition coefficient (Wildman–Crippen LogP) is 1.62. The van der Waals surface area contributed by atoms with Gasteiger partial charge in [0.05, 0.1) is 0 Å². The van der Waals surface area contributed by atoms with Crippen molar-refractivity contribution in [2.24, 2.45) is 5.73 Å². The molecule has 5 heteroatoms. The average molecular weight is 231 g/mol. The molecule has 2 heterocycles. The molecule has 0 bridgehead atoms. The minimum atomic E-state index is 0.195. The molecule has 0 aliphatic carbocycles. The van der Waals surface area contributed by atoms with Gasteiger partial charge in [0.25, 0.3) is 0 Å². The molecular weight excluding hydrogens is 214 g/mol. The van der Waals surface area contributed by atoms with Crippen molar-refractivity contribution in [3.05, 3.63) is 30.7 Å². The predicted molar refractivity (Wildman–Crippen MR) is 68.6 cm³/mol. The van der Waals surface area contributed by atoms with E-state index in [0.29, 0.717) is 5.95 Å². The molecule has 0 amide bonds. The summed E-state index contributed by atoms with van der Waals surface area (Å²) in [7, 11) is 0. The van der Waals surface area contributed by atoms with E-state index in [2.05, 4.69) is 20.3 Å². The maximum atomic E-state index is 5.66. The Labute approximate surface area is 100 Å². The molecule has 17 heavy (non-hydrogen) atoms. The van der Waals surface area contributed by atoms with Crippen LogP contribution in [0.4, 0.5) is 5.95 Å². The third-order valence-corrected chi connectivity index (χ3v) is 2.44. The van der Waals surface area contributed by atoms with Crippen molar-refractivity contribution in [2.45, 2.75) is 19.4 Å². The Morgan fingerprint density at radius 1 is 1.41 bits per heavy atom. The van der Waals surface area contributed by atoms with Crippen LogP contribution >= 0.6 is 0 Å². The van der Waals surface area contributed by atoms with Gasteiger partial charge in [0.15, 0.2) is 0 Å². The molecule has 0 aliphatic rings. The number of nitrogens with two attached hydrogens (primary N) is 1. The smallest absolute Gasteiger partial charge is 0.222 e. The second-order valence-electron chi connectivity index (χ2n) is 4.07. The van der Waals surface area contributed by atoms with Gasteiger partial charge in [-0.15, -0.1) is 0 Å². The fourth-order valence-electron chi connectivity index (χ4n) is 1.48. The van der Waals surface area contributed by atoms with Crippen LogP contribution in [0.15, 0.2) is 30.7 Å². The third-order valence-electron chi connectivity index (χ3n) is 2.44. The van der Waals surface area contributed by atoms with E-state index in [-0.39, 0.29) is 6.04 Å². The van der Waals surface area contributed by atoms with Gasteiger partial charge in [-0.1, -0.05) is 0 Å². The molecule has 0 saturated carbocycles. The molecule has 0 aliphatic heterocycles. The SMILES string of the molecule is CC(N)CCNc1ncc(-c2ccc[nH]2)cn1. The van der Waals surface area contributed by atoms with E-state index in [0.717, 1.165) is 24.2 Å². The zero-order valence-electron chi connectivity index (χ0n) is 9.85. The first-order chi connectivity index (χ1) is 8.25. The molecule has 0 fully saturated rings. The molecule has 0 aromatic carbocycles.